The van der Waals surface area contributed by atoms with E-state index < -0.39 is 6.10 Å². The molecule has 2 amide bonds. The van der Waals surface area contributed by atoms with Crippen LogP contribution in [-0.2, 0) is 11.3 Å². The highest BCUT2D eigenvalue weighted by Gasteiger charge is 2.35. The Balaban J connectivity index is 1.40. The zero-order valence-corrected chi connectivity index (χ0v) is 19.3. The van der Waals surface area contributed by atoms with Crippen LogP contribution in [0.4, 0.5) is 5.69 Å². The Morgan fingerprint density at radius 3 is 2.68 bits per heavy atom. The molecule has 4 aromatic rings. The highest BCUT2D eigenvalue weighted by atomic mass is 32.1. The number of hydrogen-bond acceptors (Lipinski definition) is 6. The summed E-state index contributed by atoms with van der Waals surface area (Å²) in [4.78, 5) is 37.5. The third-order valence-electron chi connectivity index (χ3n) is 5.52. The summed E-state index contributed by atoms with van der Waals surface area (Å²) in [5.41, 5.74) is 3.12. The van der Waals surface area contributed by atoms with Gasteiger partial charge >= 0.3 is 0 Å². The highest BCUT2D eigenvalue weighted by Crippen LogP contribution is 2.36. The number of carbonyl (C=O) groups is 2. The second kappa shape index (κ2) is 9.44. The number of anilines is 1. The van der Waals surface area contributed by atoms with Gasteiger partial charge in [0, 0.05) is 24.5 Å². The Labute approximate surface area is 201 Å². The third kappa shape index (κ3) is 4.40. The summed E-state index contributed by atoms with van der Waals surface area (Å²) in [6, 6.07) is 20.7. The Kier molecular flexibility index (Phi) is 6.05. The van der Waals surface area contributed by atoms with Crippen molar-refractivity contribution in [2.45, 2.75) is 19.6 Å². The summed E-state index contributed by atoms with van der Waals surface area (Å²) >= 11 is 1.32. The fraction of sp³-hybridized carbons (Fsp3) is 0.154. The summed E-state index contributed by atoms with van der Waals surface area (Å²) in [5.74, 6) is 0.0200. The van der Waals surface area contributed by atoms with E-state index in [1.807, 2.05) is 67.6 Å². The zero-order chi connectivity index (χ0) is 23.5. The maximum atomic E-state index is 13.7. The van der Waals surface area contributed by atoms with Gasteiger partial charge in [0.05, 0.1) is 17.9 Å². The summed E-state index contributed by atoms with van der Waals surface area (Å²) in [7, 11) is 0. The van der Waals surface area contributed by atoms with Crippen LogP contribution in [0.2, 0.25) is 0 Å². The molecule has 1 N–H and O–H groups in total. The molecule has 0 saturated carbocycles. The van der Waals surface area contributed by atoms with E-state index in [2.05, 4.69) is 15.3 Å². The first kappa shape index (κ1) is 21.8. The number of amides is 2. The minimum absolute atomic E-state index is 0.107. The molecule has 7 nitrogen and oxygen atoms in total. The molecule has 0 saturated heterocycles. The van der Waals surface area contributed by atoms with E-state index in [0.29, 0.717) is 28.6 Å². The predicted octanol–water partition coefficient (Wildman–Crippen LogP) is 4.24. The van der Waals surface area contributed by atoms with Crippen molar-refractivity contribution in [3.05, 3.63) is 95.3 Å². The predicted molar refractivity (Wildman–Crippen MR) is 131 cm³/mol. The van der Waals surface area contributed by atoms with Crippen molar-refractivity contribution >= 4 is 28.8 Å². The molecule has 0 radical (unpaired) electrons. The van der Waals surface area contributed by atoms with E-state index in [9.17, 15) is 9.59 Å². The normalized spacial score (nSPS) is 14.7. The molecule has 5 rings (SSSR count). The molecule has 170 valence electrons. The first-order valence-electron chi connectivity index (χ1n) is 10.9. The number of aromatic nitrogens is 2. The van der Waals surface area contributed by atoms with Crippen LogP contribution in [0.3, 0.4) is 0 Å². The van der Waals surface area contributed by atoms with Gasteiger partial charge in [0.2, 0.25) is 0 Å². The van der Waals surface area contributed by atoms with E-state index in [4.69, 9.17) is 4.74 Å². The van der Waals surface area contributed by atoms with Gasteiger partial charge < -0.3 is 10.1 Å². The monoisotopic (exact) mass is 470 g/mol. The number of carbonyl (C=O) groups excluding carboxylic acids is 2. The van der Waals surface area contributed by atoms with Gasteiger partial charge in [-0.25, -0.2) is 4.98 Å². The molecule has 0 spiro atoms. The van der Waals surface area contributed by atoms with E-state index in [1.54, 1.807) is 23.4 Å². The number of pyridine rings is 1. The van der Waals surface area contributed by atoms with E-state index in [0.717, 1.165) is 16.1 Å². The molecule has 2 aromatic heterocycles. The number of fused-ring (bicyclic) bond motifs is 1. The number of nitrogens with one attached hydrogen (secondary N) is 1. The Morgan fingerprint density at radius 2 is 1.88 bits per heavy atom. The van der Waals surface area contributed by atoms with Crippen molar-refractivity contribution in [1.29, 1.82) is 0 Å². The van der Waals surface area contributed by atoms with Crippen molar-refractivity contribution in [1.82, 2.24) is 15.3 Å². The van der Waals surface area contributed by atoms with Crippen LogP contribution < -0.4 is 15.0 Å². The van der Waals surface area contributed by atoms with Gasteiger partial charge in [-0.1, -0.05) is 42.5 Å². The van der Waals surface area contributed by atoms with Gasteiger partial charge in [0.25, 0.3) is 11.8 Å². The van der Waals surface area contributed by atoms with Gasteiger partial charge in [-0.05, 0) is 36.8 Å². The van der Waals surface area contributed by atoms with Crippen LogP contribution in [0, 0.1) is 6.92 Å². The van der Waals surface area contributed by atoms with Crippen molar-refractivity contribution < 1.29 is 14.3 Å². The maximum absolute atomic E-state index is 13.7. The average Bonchev–Trinajstić information content (AvgIpc) is 3.28. The van der Waals surface area contributed by atoms with Crippen molar-refractivity contribution in [2.24, 2.45) is 0 Å². The Hall–Kier alpha value is -4.04. The van der Waals surface area contributed by atoms with Gasteiger partial charge in [0.1, 0.15) is 15.6 Å². The second-order valence-electron chi connectivity index (χ2n) is 7.87. The standard InChI is InChI=1S/C26H22N4O3S/c1-17-23(34-25(29-17)19-10-7-13-27-15-19)26(32)30-16-22(33-21-12-6-5-11-20(21)30)24(31)28-14-18-8-3-2-4-9-18/h2-13,15,22H,14,16H2,1H3,(H,28,31)/t22-/m1/s1. The van der Waals surface area contributed by atoms with E-state index in [1.165, 1.54) is 11.3 Å². The largest absolute Gasteiger partial charge is 0.477 e. The van der Waals surface area contributed by atoms with Crippen molar-refractivity contribution in [2.75, 3.05) is 11.4 Å². The lowest BCUT2D eigenvalue weighted by Gasteiger charge is -2.34. The number of para-hydroxylation sites is 2. The third-order valence-corrected chi connectivity index (χ3v) is 6.71. The molecule has 1 aliphatic rings. The Bertz CT molecular complexity index is 1320. The van der Waals surface area contributed by atoms with Crippen molar-refractivity contribution in [3.63, 3.8) is 0 Å². The maximum Gasteiger partial charge on any atom is 0.270 e. The summed E-state index contributed by atoms with van der Waals surface area (Å²) in [6.45, 7) is 2.31. The molecular formula is C26H22N4O3S. The molecule has 0 aliphatic carbocycles. The first-order chi connectivity index (χ1) is 16.6. The zero-order valence-electron chi connectivity index (χ0n) is 18.5. The molecule has 34 heavy (non-hydrogen) atoms. The molecule has 0 bridgehead atoms. The van der Waals surface area contributed by atoms with Crippen LogP contribution in [-0.4, -0.2) is 34.4 Å². The number of ether oxygens (including phenoxy) is 1. The molecule has 1 atom stereocenters. The minimum Gasteiger partial charge on any atom is -0.477 e. The number of benzene rings is 2. The molecule has 3 heterocycles. The lowest BCUT2D eigenvalue weighted by atomic mass is 10.1. The van der Waals surface area contributed by atoms with Gasteiger partial charge in [0.15, 0.2) is 6.10 Å². The number of rotatable bonds is 5. The smallest absolute Gasteiger partial charge is 0.270 e. The van der Waals surface area contributed by atoms with Gasteiger partial charge in [-0.2, -0.15) is 0 Å². The number of aryl methyl sites for hydroxylation is 1. The van der Waals surface area contributed by atoms with Crippen LogP contribution in [0.15, 0.2) is 79.1 Å². The summed E-state index contributed by atoms with van der Waals surface area (Å²) in [6.07, 6.45) is 2.60. The van der Waals surface area contributed by atoms with Crippen LogP contribution >= 0.6 is 11.3 Å². The molecule has 0 fully saturated rings. The van der Waals surface area contributed by atoms with Crippen molar-refractivity contribution in [3.8, 4) is 16.3 Å². The minimum atomic E-state index is -0.825. The Morgan fingerprint density at radius 1 is 1.09 bits per heavy atom. The van der Waals surface area contributed by atoms with E-state index in [-0.39, 0.29) is 18.4 Å². The van der Waals surface area contributed by atoms with Crippen LogP contribution in [0.5, 0.6) is 5.75 Å². The quantitative estimate of drug-likeness (QED) is 0.472. The second-order valence-corrected chi connectivity index (χ2v) is 8.87. The fourth-order valence-corrected chi connectivity index (χ4v) is 4.80. The fourth-order valence-electron chi connectivity index (χ4n) is 3.79. The van der Waals surface area contributed by atoms with Crippen LogP contribution in [0.1, 0.15) is 20.9 Å². The average molecular weight is 471 g/mol. The topological polar surface area (TPSA) is 84.4 Å². The lowest BCUT2D eigenvalue weighted by Crippen LogP contribution is -2.50. The SMILES string of the molecule is Cc1nc(-c2cccnc2)sc1C(=O)N1C[C@H](C(=O)NCc2ccccc2)Oc2ccccc21. The van der Waals surface area contributed by atoms with Gasteiger partial charge in [-0.15, -0.1) is 11.3 Å². The molecule has 2 aromatic carbocycles. The number of hydrogen-bond donors (Lipinski definition) is 1. The summed E-state index contributed by atoms with van der Waals surface area (Å²) in [5, 5.41) is 3.65. The lowest BCUT2D eigenvalue weighted by molar-refractivity contribution is -0.127. The molecule has 8 heteroatoms. The number of thiazole rings is 1. The number of nitrogens with zero attached hydrogens (tertiary/aromatic N) is 3. The first-order valence-corrected chi connectivity index (χ1v) is 11.7. The molecule has 0 unspecified atom stereocenters. The van der Waals surface area contributed by atoms with E-state index >= 15 is 0 Å². The summed E-state index contributed by atoms with van der Waals surface area (Å²) < 4.78 is 5.98. The molecule has 1 aliphatic heterocycles. The molecular weight excluding hydrogens is 448 g/mol. The van der Waals surface area contributed by atoms with Crippen LogP contribution in [0.25, 0.3) is 10.6 Å². The highest BCUT2D eigenvalue weighted by molar-refractivity contribution is 7.17. The van der Waals surface area contributed by atoms with Gasteiger partial charge in [-0.3, -0.25) is 19.5 Å².